The molecule has 0 bridgehead atoms. The molecule has 0 aromatic heterocycles. The Kier molecular flexibility index (Phi) is 2.92. The van der Waals surface area contributed by atoms with Gasteiger partial charge in [-0.05, 0) is 68.1 Å². The molecule has 0 heterocycles. The van der Waals surface area contributed by atoms with E-state index in [9.17, 15) is 10.2 Å². The van der Waals surface area contributed by atoms with Crippen molar-refractivity contribution in [2.45, 2.75) is 57.7 Å². The van der Waals surface area contributed by atoms with Crippen molar-refractivity contribution in [3.63, 3.8) is 0 Å². The fourth-order valence-electron chi connectivity index (χ4n) is 5.96. The molecule has 3 nitrogen and oxygen atoms in total. The molecule has 23 heavy (non-hydrogen) atoms. The second kappa shape index (κ2) is 4.41. The van der Waals surface area contributed by atoms with Crippen LogP contribution in [0.3, 0.4) is 0 Å². The van der Waals surface area contributed by atoms with Gasteiger partial charge in [0.15, 0.2) is 11.5 Å². The lowest BCUT2D eigenvalue weighted by atomic mass is 9.48. The average molecular weight is 319 g/mol. The van der Waals surface area contributed by atoms with E-state index in [2.05, 4.69) is 13.0 Å². The zero-order valence-corrected chi connectivity index (χ0v) is 13.8. The maximum atomic E-state index is 16.4. The summed E-state index contributed by atoms with van der Waals surface area (Å²) in [4.78, 5) is 0. The average Bonchev–Trinajstić information content (AvgIpc) is 2.79. The van der Waals surface area contributed by atoms with E-state index in [0.717, 1.165) is 24.8 Å². The molecule has 0 aliphatic heterocycles. The van der Waals surface area contributed by atoms with Crippen LogP contribution in [0.1, 0.15) is 46.0 Å². The molecule has 0 saturated heterocycles. The number of hydrogen-bond donors (Lipinski definition) is 3. The molecule has 0 aromatic rings. The molecule has 6 atom stereocenters. The normalized spacial score (nSPS) is 51.8. The van der Waals surface area contributed by atoms with E-state index in [0.29, 0.717) is 18.8 Å². The van der Waals surface area contributed by atoms with Gasteiger partial charge in [0.05, 0.1) is 0 Å². The maximum absolute atomic E-state index is 16.4. The van der Waals surface area contributed by atoms with Crippen LogP contribution in [0, 0.1) is 22.7 Å². The van der Waals surface area contributed by atoms with E-state index in [1.165, 1.54) is 12.2 Å². The molecule has 2 saturated carbocycles. The second-order valence-electron chi connectivity index (χ2n) is 8.42. The number of fused-ring (bicyclic) bond motifs is 5. The SMILES string of the molecule is C[C@]12CC[C@]3(F)[C@@H](CC=C4C=C(O)C(O)=C[C@@]43C)[C@@H]1CC[C@@H]2N. The third-order valence-corrected chi connectivity index (χ3v) is 7.62. The van der Waals surface area contributed by atoms with E-state index in [1.807, 2.05) is 6.92 Å². The Balaban J connectivity index is 1.82. The first-order valence-corrected chi connectivity index (χ1v) is 8.70. The van der Waals surface area contributed by atoms with Gasteiger partial charge in [-0.1, -0.05) is 13.0 Å². The molecule has 4 aliphatic rings. The Morgan fingerprint density at radius 1 is 1.13 bits per heavy atom. The Morgan fingerprint density at radius 3 is 2.61 bits per heavy atom. The highest BCUT2D eigenvalue weighted by molar-refractivity contribution is 5.48. The molecule has 4 heteroatoms. The van der Waals surface area contributed by atoms with Crippen LogP contribution in [-0.2, 0) is 0 Å². The molecular formula is C19H26FNO2. The lowest BCUT2D eigenvalue weighted by molar-refractivity contribution is -0.108. The summed E-state index contributed by atoms with van der Waals surface area (Å²) < 4.78 is 16.4. The van der Waals surface area contributed by atoms with Crippen molar-refractivity contribution in [3.05, 3.63) is 35.3 Å². The van der Waals surface area contributed by atoms with Crippen molar-refractivity contribution in [3.8, 4) is 0 Å². The van der Waals surface area contributed by atoms with Gasteiger partial charge in [-0.25, -0.2) is 4.39 Å². The largest absolute Gasteiger partial charge is 0.504 e. The molecule has 4 rings (SSSR count). The van der Waals surface area contributed by atoms with Crippen LogP contribution in [-0.4, -0.2) is 21.9 Å². The lowest BCUT2D eigenvalue weighted by Crippen LogP contribution is -2.60. The zero-order chi connectivity index (χ0) is 16.6. The smallest absolute Gasteiger partial charge is 0.157 e. The standard InChI is InChI=1S/C19H26FNO2/c1-17-7-8-19(20)13(12(17)5-6-16(17)21)4-3-11-9-14(22)15(23)10-18(11,19)2/h3,9-10,12-13,16,22-23H,4-8,21H2,1-2H3/t12-,13-,16-,17-,18-,19-/m0/s1. The zero-order valence-electron chi connectivity index (χ0n) is 13.8. The first kappa shape index (κ1) is 15.3. The highest BCUT2D eigenvalue weighted by atomic mass is 19.1. The number of halogens is 1. The summed E-state index contributed by atoms with van der Waals surface area (Å²) in [5.74, 6) is -0.153. The second-order valence-corrected chi connectivity index (χ2v) is 8.42. The number of rotatable bonds is 0. The quantitative estimate of drug-likeness (QED) is 0.630. The van der Waals surface area contributed by atoms with Crippen LogP contribution in [0.4, 0.5) is 4.39 Å². The molecule has 2 fully saturated rings. The van der Waals surface area contributed by atoms with Crippen molar-refractivity contribution < 1.29 is 14.6 Å². The summed E-state index contributed by atoms with van der Waals surface area (Å²) in [7, 11) is 0. The summed E-state index contributed by atoms with van der Waals surface area (Å²) in [5.41, 5.74) is 4.91. The highest BCUT2D eigenvalue weighted by Crippen LogP contribution is 2.66. The molecule has 0 spiro atoms. The fourth-order valence-corrected chi connectivity index (χ4v) is 5.96. The van der Waals surface area contributed by atoms with Gasteiger partial charge in [-0.3, -0.25) is 0 Å². The van der Waals surface area contributed by atoms with Crippen LogP contribution < -0.4 is 5.73 Å². The van der Waals surface area contributed by atoms with E-state index in [1.54, 1.807) is 0 Å². The third kappa shape index (κ3) is 1.68. The van der Waals surface area contributed by atoms with Gasteiger partial charge in [-0.15, -0.1) is 0 Å². The summed E-state index contributed by atoms with van der Waals surface area (Å²) in [5, 5.41) is 19.8. The van der Waals surface area contributed by atoms with Gasteiger partial charge in [0, 0.05) is 17.4 Å². The van der Waals surface area contributed by atoms with Gasteiger partial charge in [0.2, 0.25) is 0 Å². The van der Waals surface area contributed by atoms with E-state index in [4.69, 9.17) is 5.73 Å². The molecule has 0 unspecified atom stereocenters. The Bertz CT molecular complexity index is 654. The predicted octanol–water partition coefficient (Wildman–Crippen LogP) is 4.08. The predicted molar refractivity (Wildman–Crippen MR) is 87.6 cm³/mol. The molecule has 0 radical (unpaired) electrons. The minimum Gasteiger partial charge on any atom is -0.504 e. The van der Waals surface area contributed by atoms with Crippen LogP contribution in [0.5, 0.6) is 0 Å². The maximum Gasteiger partial charge on any atom is 0.157 e. The first-order chi connectivity index (χ1) is 10.7. The Morgan fingerprint density at radius 2 is 1.87 bits per heavy atom. The van der Waals surface area contributed by atoms with E-state index >= 15 is 4.39 Å². The number of nitrogens with two attached hydrogens (primary N) is 1. The van der Waals surface area contributed by atoms with Gasteiger partial charge < -0.3 is 15.9 Å². The molecule has 4 N–H and O–H groups in total. The fraction of sp³-hybridized carbons (Fsp3) is 0.684. The number of allylic oxidation sites excluding steroid dienone is 4. The summed E-state index contributed by atoms with van der Waals surface area (Å²) >= 11 is 0. The van der Waals surface area contributed by atoms with Crippen molar-refractivity contribution in [1.29, 1.82) is 0 Å². The molecule has 0 amide bonds. The Hall–Kier alpha value is -1.29. The van der Waals surface area contributed by atoms with Crippen LogP contribution in [0.15, 0.2) is 35.3 Å². The van der Waals surface area contributed by atoms with Crippen LogP contribution >= 0.6 is 0 Å². The van der Waals surface area contributed by atoms with Crippen molar-refractivity contribution in [2.75, 3.05) is 0 Å². The highest BCUT2D eigenvalue weighted by Gasteiger charge is 2.65. The third-order valence-electron chi connectivity index (χ3n) is 7.62. The number of alkyl halides is 1. The number of hydrogen-bond acceptors (Lipinski definition) is 3. The number of aliphatic hydroxyl groups is 2. The Labute approximate surface area is 136 Å². The van der Waals surface area contributed by atoms with Crippen molar-refractivity contribution in [2.24, 2.45) is 28.4 Å². The molecule has 4 aliphatic carbocycles. The summed E-state index contributed by atoms with van der Waals surface area (Å²) in [6.07, 6.45) is 9.01. The van der Waals surface area contributed by atoms with E-state index in [-0.39, 0.29) is 28.9 Å². The van der Waals surface area contributed by atoms with Gasteiger partial charge in [0.25, 0.3) is 0 Å². The molecule has 126 valence electrons. The molecular weight excluding hydrogens is 293 g/mol. The minimum atomic E-state index is -1.39. The molecule has 0 aromatic carbocycles. The number of aliphatic hydroxyl groups excluding tert-OH is 2. The van der Waals surface area contributed by atoms with Crippen molar-refractivity contribution in [1.82, 2.24) is 0 Å². The van der Waals surface area contributed by atoms with Gasteiger partial charge in [-0.2, -0.15) is 0 Å². The lowest BCUT2D eigenvalue weighted by Gasteiger charge is -2.59. The first-order valence-electron chi connectivity index (χ1n) is 8.70. The van der Waals surface area contributed by atoms with E-state index < -0.39 is 11.1 Å². The minimum absolute atomic E-state index is 0.0281. The van der Waals surface area contributed by atoms with Crippen LogP contribution in [0.25, 0.3) is 0 Å². The topological polar surface area (TPSA) is 66.5 Å². The summed E-state index contributed by atoms with van der Waals surface area (Å²) in [6.45, 7) is 4.10. The van der Waals surface area contributed by atoms with Crippen molar-refractivity contribution >= 4 is 0 Å². The van der Waals surface area contributed by atoms with Gasteiger partial charge >= 0.3 is 0 Å². The van der Waals surface area contributed by atoms with Crippen LogP contribution in [0.2, 0.25) is 0 Å². The summed E-state index contributed by atoms with van der Waals surface area (Å²) in [6, 6.07) is 0.162. The van der Waals surface area contributed by atoms with Gasteiger partial charge in [0.1, 0.15) is 5.67 Å². The monoisotopic (exact) mass is 319 g/mol.